The average Bonchev–Trinajstić information content (AvgIpc) is 3.49. The van der Waals surface area contributed by atoms with Crippen molar-refractivity contribution in [1.29, 1.82) is 0 Å². The number of Topliss-reactive ketones (excluding diaryl/α,β-unsaturated/α-hetero) is 1. The van der Waals surface area contributed by atoms with Crippen LogP contribution in [0.1, 0.15) is 21.9 Å². The average molecular weight is 411 g/mol. The third kappa shape index (κ3) is 3.85. The van der Waals surface area contributed by atoms with Gasteiger partial charge in [0.15, 0.2) is 5.78 Å². The number of carbonyl (C=O) groups excluding carboxylic acids is 1. The number of nitrogens with zero attached hydrogens (tertiary/aromatic N) is 3. The molecule has 0 atom stereocenters. The van der Waals surface area contributed by atoms with Gasteiger partial charge in [0.05, 0.1) is 31.6 Å². The number of ether oxygens (including phenoxy) is 1. The Hall–Kier alpha value is -4.13. The van der Waals surface area contributed by atoms with E-state index in [-0.39, 0.29) is 12.3 Å². The third-order valence-corrected chi connectivity index (χ3v) is 5.34. The fourth-order valence-electron chi connectivity index (χ4n) is 3.64. The molecule has 31 heavy (non-hydrogen) atoms. The molecule has 0 saturated carbocycles. The zero-order valence-electron chi connectivity index (χ0n) is 17.0. The molecule has 0 unspecified atom stereocenters. The van der Waals surface area contributed by atoms with Crippen LogP contribution in [0.15, 0.2) is 67.0 Å². The molecule has 0 amide bonds. The Labute approximate surface area is 179 Å². The Bertz CT molecular complexity index is 1220. The van der Waals surface area contributed by atoms with Crippen LogP contribution in [-0.2, 0) is 6.54 Å². The van der Waals surface area contributed by atoms with Gasteiger partial charge in [-0.15, -0.1) is 0 Å². The first-order valence-corrected chi connectivity index (χ1v) is 9.98. The quantitative estimate of drug-likeness (QED) is 0.466. The van der Waals surface area contributed by atoms with E-state index in [1.165, 1.54) is 0 Å². The van der Waals surface area contributed by atoms with E-state index in [1.807, 2.05) is 41.4 Å². The Morgan fingerprint density at radius 1 is 1.03 bits per heavy atom. The number of imidazole rings is 1. The van der Waals surface area contributed by atoms with Gasteiger partial charge in [-0.1, -0.05) is 36.4 Å². The predicted octanol–water partition coefficient (Wildman–Crippen LogP) is 4.14. The number of benzene rings is 2. The number of aromatic nitrogens is 4. The number of hydrogen-bond donors (Lipinski definition) is 2. The molecule has 4 aromatic rings. The molecule has 0 fully saturated rings. The summed E-state index contributed by atoms with van der Waals surface area (Å²) in [6.07, 6.45) is 5.43. The number of nitrogens with one attached hydrogen (secondary N) is 2. The van der Waals surface area contributed by atoms with Gasteiger partial charge in [0.1, 0.15) is 17.3 Å². The molecule has 0 bridgehead atoms. The van der Waals surface area contributed by atoms with E-state index in [4.69, 9.17) is 9.72 Å². The molecule has 1 aliphatic heterocycles. The number of hydrogen-bond acceptors (Lipinski definition) is 5. The van der Waals surface area contributed by atoms with Crippen LogP contribution in [0.25, 0.3) is 28.6 Å². The highest BCUT2D eigenvalue weighted by Crippen LogP contribution is 2.27. The number of carbonyl (C=O) groups is 1. The molecule has 1 aliphatic rings. The number of rotatable bonds is 6. The van der Waals surface area contributed by atoms with Crippen molar-refractivity contribution >= 4 is 11.9 Å². The highest BCUT2D eigenvalue weighted by molar-refractivity contribution is 5.95. The molecule has 7 nitrogen and oxygen atoms in total. The van der Waals surface area contributed by atoms with Crippen LogP contribution in [0.4, 0.5) is 0 Å². The molecule has 0 spiro atoms. The number of ketones is 1. The van der Waals surface area contributed by atoms with Crippen molar-refractivity contribution in [3.8, 4) is 28.3 Å². The first-order chi connectivity index (χ1) is 15.2. The molecular formula is C24H21N5O2. The maximum Gasteiger partial charge on any atom is 0.199 e. The van der Waals surface area contributed by atoms with Crippen molar-refractivity contribution in [3.05, 3.63) is 84.1 Å². The van der Waals surface area contributed by atoms with E-state index >= 15 is 0 Å². The minimum Gasteiger partial charge on any atom is -0.497 e. The lowest BCUT2D eigenvalue weighted by Crippen LogP contribution is -2.27. The van der Waals surface area contributed by atoms with Crippen LogP contribution in [0.5, 0.6) is 5.75 Å². The number of H-pyrrole nitrogens is 2. The molecule has 0 aliphatic carbocycles. The first-order valence-electron chi connectivity index (χ1n) is 9.98. The van der Waals surface area contributed by atoms with Gasteiger partial charge in [0.25, 0.3) is 0 Å². The zero-order valence-corrected chi connectivity index (χ0v) is 17.0. The summed E-state index contributed by atoms with van der Waals surface area (Å²) < 4.78 is 5.22. The van der Waals surface area contributed by atoms with Gasteiger partial charge in [-0.2, -0.15) is 5.10 Å². The van der Waals surface area contributed by atoms with Crippen molar-refractivity contribution in [3.63, 3.8) is 0 Å². The van der Waals surface area contributed by atoms with Crippen molar-refractivity contribution in [1.82, 2.24) is 25.1 Å². The van der Waals surface area contributed by atoms with Gasteiger partial charge >= 0.3 is 0 Å². The van der Waals surface area contributed by atoms with E-state index in [0.717, 1.165) is 39.7 Å². The zero-order chi connectivity index (χ0) is 21.2. The summed E-state index contributed by atoms with van der Waals surface area (Å²) in [5.41, 5.74) is 5.69. The van der Waals surface area contributed by atoms with E-state index in [1.54, 1.807) is 19.4 Å². The minimum absolute atomic E-state index is 0.000500. The lowest BCUT2D eigenvalue weighted by Gasteiger charge is -2.21. The lowest BCUT2D eigenvalue weighted by molar-refractivity contribution is 0.0947. The molecule has 3 heterocycles. The van der Waals surface area contributed by atoms with Crippen LogP contribution >= 0.6 is 0 Å². The maximum atomic E-state index is 12.3. The summed E-state index contributed by atoms with van der Waals surface area (Å²) in [6.45, 7) is 0.881. The fourth-order valence-corrected chi connectivity index (χ4v) is 3.64. The Morgan fingerprint density at radius 3 is 2.42 bits per heavy atom. The van der Waals surface area contributed by atoms with Crippen LogP contribution in [0.3, 0.4) is 0 Å². The lowest BCUT2D eigenvalue weighted by atomic mass is 10.0. The standard InChI is InChI=1S/C24H21N5O2/c1-31-19-8-6-17(7-9-19)16-2-4-18(5-3-16)24-26-20-11-13-29(14-22(20)27-24)15-23(30)21-10-12-25-28-21/h2-13H,14-15H2,1H3,(H,25,28)(H,26,27). The summed E-state index contributed by atoms with van der Waals surface area (Å²) in [5, 5.41) is 6.55. The predicted molar refractivity (Wildman–Crippen MR) is 118 cm³/mol. The highest BCUT2D eigenvalue weighted by Gasteiger charge is 2.19. The molecular weight excluding hydrogens is 390 g/mol. The Morgan fingerprint density at radius 2 is 1.74 bits per heavy atom. The van der Waals surface area contributed by atoms with Crippen molar-refractivity contribution < 1.29 is 9.53 Å². The maximum absolute atomic E-state index is 12.3. The van der Waals surface area contributed by atoms with Gasteiger partial charge in [0.2, 0.25) is 0 Å². The summed E-state index contributed by atoms with van der Waals surface area (Å²) in [6, 6.07) is 18.0. The van der Waals surface area contributed by atoms with Gasteiger partial charge < -0.3 is 14.6 Å². The molecule has 2 N–H and O–H groups in total. The minimum atomic E-state index is -0.000500. The van der Waals surface area contributed by atoms with Gasteiger partial charge in [-0.3, -0.25) is 9.89 Å². The molecule has 5 rings (SSSR count). The molecule has 7 heteroatoms. The molecule has 0 saturated heterocycles. The normalized spacial score (nSPS) is 12.6. The largest absolute Gasteiger partial charge is 0.497 e. The Balaban J connectivity index is 1.30. The Kier molecular flexibility index (Phi) is 4.84. The van der Waals surface area contributed by atoms with Gasteiger partial charge in [0, 0.05) is 18.0 Å². The molecule has 0 radical (unpaired) electrons. The van der Waals surface area contributed by atoms with Crippen molar-refractivity contribution in [2.75, 3.05) is 13.7 Å². The monoisotopic (exact) mass is 411 g/mol. The summed E-state index contributed by atoms with van der Waals surface area (Å²) in [4.78, 5) is 22.4. The van der Waals surface area contributed by atoms with E-state index in [9.17, 15) is 4.79 Å². The second-order valence-electron chi connectivity index (χ2n) is 7.37. The second kappa shape index (κ2) is 7.95. The topological polar surface area (TPSA) is 86.9 Å². The van der Waals surface area contributed by atoms with Crippen LogP contribution < -0.4 is 4.74 Å². The molecule has 154 valence electrons. The van der Waals surface area contributed by atoms with E-state index < -0.39 is 0 Å². The summed E-state index contributed by atoms with van der Waals surface area (Å²) >= 11 is 0. The summed E-state index contributed by atoms with van der Waals surface area (Å²) in [5.74, 6) is 1.66. The third-order valence-electron chi connectivity index (χ3n) is 5.34. The van der Waals surface area contributed by atoms with Crippen molar-refractivity contribution in [2.24, 2.45) is 0 Å². The van der Waals surface area contributed by atoms with E-state index in [0.29, 0.717) is 12.2 Å². The van der Waals surface area contributed by atoms with Crippen LogP contribution in [0, 0.1) is 0 Å². The SMILES string of the molecule is COc1ccc(-c2ccc(-c3nc4c([nH]3)CN(CC(=O)c3ccn[nH]3)C=C4)cc2)cc1. The smallest absolute Gasteiger partial charge is 0.199 e. The second-order valence-corrected chi connectivity index (χ2v) is 7.37. The molecule has 2 aromatic heterocycles. The first kappa shape index (κ1) is 18.9. The van der Waals surface area contributed by atoms with Crippen molar-refractivity contribution in [2.45, 2.75) is 6.54 Å². The molecule has 2 aromatic carbocycles. The van der Waals surface area contributed by atoms with Crippen LogP contribution in [0.2, 0.25) is 0 Å². The van der Waals surface area contributed by atoms with Crippen LogP contribution in [-0.4, -0.2) is 44.5 Å². The number of methoxy groups -OCH3 is 1. The van der Waals surface area contributed by atoms with Gasteiger partial charge in [-0.05, 0) is 35.4 Å². The van der Waals surface area contributed by atoms with Gasteiger partial charge in [-0.25, -0.2) is 4.98 Å². The summed E-state index contributed by atoms with van der Waals surface area (Å²) in [7, 11) is 1.67. The highest BCUT2D eigenvalue weighted by atomic mass is 16.5. The fraction of sp³-hybridized carbons (Fsp3) is 0.125. The van der Waals surface area contributed by atoms with E-state index in [2.05, 4.69) is 39.4 Å². The number of fused-ring (bicyclic) bond motifs is 1. The number of aromatic amines is 2.